The van der Waals surface area contributed by atoms with Gasteiger partial charge in [-0.25, -0.2) is 17.6 Å². The zero-order valence-electron chi connectivity index (χ0n) is 24.5. The summed E-state index contributed by atoms with van der Waals surface area (Å²) in [4.78, 5) is 0. The predicted molar refractivity (Wildman–Crippen MR) is 151 cm³/mol. The van der Waals surface area contributed by atoms with E-state index in [2.05, 4.69) is 23.8 Å². The predicted octanol–water partition coefficient (Wildman–Crippen LogP) is 9.81. The molecule has 1 aliphatic heterocycles. The minimum absolute atomic E-state index is 0.0517. The van der Waals surface area contributed by atoms with Gasteiger partial charge in [-0.3, -0.25) is 0 Å². The maximum absolute atomic E-state index is 15.3. The van der Waals surface area contributed by atoms with Crippen LogP contribution in [0.2, 0.25) is 0 Å². The van der Waals surface area contributed by atoms with Crippen LogP contribution in [-0.2, 0) is 9.47 Å². The van der Waals surface area contributed by atoms with Crippen LogP contribution >= 0.6 is 0 Å². The molecule has 2 aromatic rings. The van der Waals surface area contributed by atoms with Gasteiger partial charge in [0.2, 0.25) is 0 Å². The molecular weight excluding hydrogens is 570 g/mol. The van der Waals surface area contributed by atoms with Gasteiger partial charge in [0, 0.05) is 24.0 Å². The molecular formula is C34H40F6O3. The molecule has 3 fully saturated rings. The number of rotatable bonds is 9. The first-order valence-corrected chi connectivity index (χ1v) is 15.5. The van der Waals surface area contributed by atoms with Crippen LogP contribution in [0.25, 0.3) is 0 Å². The molecule has 2 aliphatic carbocycles. The first-order chi connectivity index (χ1) is 20.6. The lowest BCUT2D eigenvalue weighted by atomic mass is 9.76. The quantitative estimate of drug-likeness (QED) is 0.161. The Labute approximate surface area is 249 Å². The fourth-order valence-electron chi connectivity index (χ4n) is 6.80. The van der Waals surface area contributed by atoms with Crippen molar-refractivity contribution < 1.29 is 40.6 Å². The molecule has 0 N–H and O–H groups in total. The monoisotopic (exact) mass is 610 g/mol. The number of hydrogen-bond donors (Lipinski definition) is 0. The minimum atomic E-state index is -3.70. The second-order valence-corrected chi connectivity index (χ2v) is 12.3. The maximum atomic E-state index is 15.3. The number of ether oxygens (including phenoxy) is 3. The first kappa shape index (κ1) is 31.9. The second kappa shape index (κ2) is 14.1. The Morgan fingerprint density at radius 3 is 2.05 bits per heavy atom. The number of hydrogen-bond acceptors (Lipinski definition) is 3. The van der Waals surface area contributed by atoms with Gasteiger partial charge in [0.05, 0.1) is 19.1 Å². The van der Waals surface area contributed by atoms with E-state index in [-0.39, 0.29) is 36.8 Å². The smallest absolute Gasteiger partial charge is 0.400 e. The number of allylic oxidation sites excluding steroid dienone is 1. The van der Waals surface area contributed by atoms with Crippen molar-refractivity contribution in [2.24, 2.45) is 17.8 Å². The molecule has 2 saturated carbocycles. The topological polar surface area (TPSA) is 27.7 Å². The Morgan fingerprint density at radius 2 is 1.44 bits per heavy atom. The molecule has 236 valence electrons. The molecule has 0 unspecified atom stereocenters. The fraction of sp³-hybridized carbons (Fsp3) is 0.588. The van der Waals surface area contributed by atoms with Crippen LogP contribution in [0.1, 0.15) is 94.1 Å². The Bertz CT molecular complexity index is 1220. The molecule has 0 atom stereocenters. The standard InChI is InChI=1S/C34H40F6O3/c1-2-3-4-5-21-19-41-33(42-20-21)24-8-6-22(7-9-24)25-12-15-28(29(35)16-25)23-10-13-26(14-11-23)34(39,40)43-27-17-30(36)32(38)31(37)18-27/h4-5,12,15-18,21-24,26,33H,2-3,6-11,13-14,19-20H2,1H3/b5-4+. The van der Waals surface area contributed by atoms with Gasteiger partial charge >= 0.3 is 6.11 Å². The van der Waals surface area contributed by atoms with Crippen LogP contribution in [0.4, 0.5) is 26.3 Å². The van der Waals surface area contributed by atoms with Crippen LogP contribution in [0, 0.1) is 41.0 Å². The van der Waals surface area contributed by atoms with Crippen molar-refractivity contribution in [3.05, 3.63) is 76.9 Å². The van der Waals surface area contributed by atoms with E-state index in [1.54, 1.807) is 12.1 Å². The highest BCUT2D eigenvalue weighted by atomic mass is 19.3. The third-order valence-corrected chi connectivity index (χ3v) is 9.32. The Morgan fingerprint density at radius 1 is 0.814 bits per heavy atom. The largest absolute Gasteiger partial charge is 0.432 e. The van der Waals surface area contributed by atoms with Gasteiger partial charge in [-0.1, -0.05) is 37.6 Å². The van der Waals surface area contributed by atoms with E-state index in [4.69, 9.17) is 9.47 Å². The van der Waals surface area contributed by atoms with Crippen molar-refractivity contribution in [2.45, 2.75) is 95.4 Å². The molecule has 1 heterocycles. The van der Waals surface area contributed by atoms with E-state index in [1.807, 2.05) is 6.07 Å². The summed E-state index contributed by atoms with van der Waals surface area (Å²) in [6.45, 7) is 3.51. The van der Waals surface area contributed by atoms with Crippen molar-refractivity contribution in [3.63, 3.8) is 0 Å². The maximum Gasteiger partial charge on any atom is 0.400 e. The fourth-order valence-corrected chi connectivity index (χ4v) is 6.80. The molecule has 43 heavy (non-hydrogen) atoms. The summed E-state index contributed by atoms with van der Waals surface area (Å²) < 4.78 is 102. The molecule has 0 aromatic heterocycles. The van der Waals surface area contributed by atoms with Crippen LogP contribution in [-0.4, -0.2) is 25.6 Å². The molecule has 3 nitrogen and oxygen atoms in total. The van der Waals surface area contributed by atoms with Gasteiger partial charge in [0.25, 0.3) is 0 Å². The van der Waals surface area contributed by atoms with E-state index in [0.717, 1.165) is 44.1 Å². The van der Waals surface area contributed by atoms with E-state index < -0.39 is 35.2 Å². The SMILES string of the molecule is CCC/C=C/C1COC(C2CCC(c3ccc(C4CCC(C(F)(F)Oc5cc(F)c(F)c(F)c5)CC4)c(F)c3)CC2)OC1. The molecule has 0 spiro atoms. The van der Waals surface area contributed by atoms with Crippen molar-refractivity contribution in [1.82, 2.24) is 0 Å². The zero-order chi connectivity index (χ0) is 30.6. The summed E-state index contributed by atoms with van der Waals surface area (Å²) in [5, 5.41) is 0. The minimum Gasteiger partial charge on any atom is -0.432 e. The Balaban J connectivity index is 1.10. The van der Waals surface area contributed by atoms with Crippen LogP contribution in [0.3, 0.4) is 0 Å². The lowest BCUT2D eigenvalue weighted by Crippen LogP contribution is -2.37. The van der Waals surface area contributed by atoms with Gasteiger partial charge in [-0.05, 0) is 86.8 Å². The van der Waals surface area contributed by atoms with Crippen LogP contribution < -0.4 is 4.74 Å². The summed E-state index contributed by atoms with van der Waals surface area (Å²) in [6.07, 6.45) is 7.19. The highest BCUT2D eigenvalue weighted by Gasteiger charge is 2.44. The summed E-state index contributed by atoms with van der Waals surface area (Å²) in [5.74, 6) is -6.57. The van der Waals surface area contributed by atoms with Gasteiger partial charge in [-0.15, -0.1) is 0 Å². The lowest BCUT2D eigenvalue weighted by molar-refractivity contribution is -0.222. The summed E-state index contributed by atoms with van der Waals surface area (Å²) in [6, 6.07) is 6.16. The molecule has 0 bridgehead atoms. The van der Waals surface area contributed by atoms with E-state index in [1.165, 1.54) is 0 Å². The van der Waals surface area contributed by atoms with Gasteiger partial charge in [0.15, 0.2) is 23.7 Å². The van der Waals surface area contributed by atoms with Crippen molar-refractivity contribution >= 4 is 0 Å². The molecule has 0 radical (unpaired) electrons. The Kier molecular flexibility index (Phi) is 10.4. The van der Waals surface area contributed by atoms with Crippen LogP contribution in [0.15, 0.2) is 42.5 Å². The van der Waals surface area contributed by atoms with Gasteiger partial charge < -0.3 is 14.2 Å². The molecule has 0 amide bonds. The van der Waals surface area contributed by atoms with Crippen molar-refractivity contribution in [3.8, 4) is 5.75 Å². The summed E-state index contributed by atoms with van der Waals surface area (Å²) >= 11 is 0. The van der Waals surface area contributed by atoms with Crippen molar-refractivity contribution in [2.75, 3.05) is 13.2 Å². The Hall–Kier alpha value is -2.52. The van der Waals surface area contributed by atoms with E-state index in [0.29, 0.717) is 55.6 Å². The number of halogens is 6. The first-order valence-electron chi connectivity index (χ1n) is 15.5. The normalized spacial score (nSPS) is 28.7. The lowest BCUT2D eigenvalue weighted by Gasteiger charge is -2.37. The van der Waals surface area contributed by atoms with E-state index in [9.17, 15) is 22.0 Å². The van der Waals surface area contributed by atoms with Crippen molar-refractivity contribution in [1.29, 1.82) is 0 Å². The average Bonchev–Trinajstić information content (AvgIpc) is 3.00. The third-order valence-electron chi connectivity index (χ3n) is 9.32. The van der Waals surface area contributed by atoms with Gasteiger partial charge in [-0.2, -0.15) is 8.78 Å². The number of alkyl halides is 2. The third kappa shape index (κ3) is 7.77. The zero-order valence-corrected chi connectivity index (χ0v) is 24.5. The molecule has 5 rings (SSSR count). The summed E-state index contributed by atoms with van der Waals surface area (Å²) in [5.41, 5.74) is 1.48. The molecule has 3 aliphatic rings. The number of benzene rings is 2. The second-order valence-electron chi connectivity index (χ2n) is 12.3. The highest BCUT2D eigenvalue weighted by molar-refractivity contribution is 5.30. The number of unbranched alkanes of at least 4 members (excludes halogenated alkanes) is 1. The molecule has 9 heteroatoms. The van der Waals surface area contributed by atoms with E-state index >= 15 is 4.39 Å². The van der Waals surface area contributed by atoms with Gasteiger partial charge in [0.1, 0.15) is 11.6 Å². The average molecular weight is 611 g/mol. The molecule has 2 aromatic carbocycles. The summed E-state index contributed by atoms with van der Waals surface area (Å²) in [7, 11) is 0. The van der Waals surface area contributed by atoms with Crippen LogP contribution in [0.5, 0.6) is 5.75 Å². The highest BCUT2D eigenvalue weighted by Crippen LogP contribution is 2.45. The molecule has 1 saturated heterocycles.